The molecule has 2 aromatic rings. The molecule has 4 heteroatoms. The second-order valence-corrected chi connectivity index (χ2v) is 8.48. The number of aromatic nitrogens is 3. The summed E-state index contributed by atoms with van der Waals surface area (Å²) in [5.74, 6) is 2.24. The maximum Gasteiger partial charge on any atom is 0.137 e. The third-order valence-electron chi connectivity index (χ3n) is 4.83. The average Bonchev–Trinajstić information content (AvgIpc) is 2.95. The molecule has 0 atom stereocenters. The van der Waals surface area contributed by atoms with Crippen LogP contribution in [-0.2, 0) is 30.6 Å². The minimum Gasteiger partial charge on any atom is -0.315 e. The van der Waals surface area contributed by atoms with E-state index in [1.54, 1.807) is 0 Å². The zero-order valence-corrected chi connectivity index (χ0v) is 17.2. The van der Waals surface area contributed by atoms with Crippen molar-refractivity contribution in [3.8, 4) is 0 Å². The largest absolute Gasteiger partial charge is 0.315 e. The smallest absolute Gasteiger partial charge is 0.137 e. The fourth-order valence-corrected chi connectivity index (χ4v) is 3.19. The summed E-state index contributed by atoms with van der Waals surface area (Å²) in [6, 6.07) is 6.28. The summed E-state index contributed by atoms with van der Waals surface area (Å²) in [7, 11) is 0. The van der Waals surface area contributed by atoms with Crippen LogP contribution in [0.4, 0.5) is 0 Å². The zero-order chi connectivity index (χ0) is 19.3. The van der Waals surface area contributed by atoms with Gasteiger partial charge in [0, 0.05) is 32.2 Å². The Balaban J connectivity index is 1.96. The van der Waals surface area contributed by atoms with Gasteiger partial charge in [0.15, 0.2) is 0 Å². The van der Waals surface area contributed by atoms with E-state index in [0.29, 0.717) is 19.3 Å². The molecule has 1 aromatic carbocycles. The van der Waals surface area contributed by atoms with Gasteiger partial charge in [-0.2, -0.15) is 0 Å². The number of ketones is 1. The van der Waals surface area contributed by atoms with E-state index >= 15 is 0 Å². The SMILES string of the molecule is CCn1c(CCC(=O)Cc2ccc(C)cc2C)nnc1CCC(C)(C)C. The van der Waals surface area contributed by atoms with Crippen LogP contribution < -0.4 is 0 Å². The number of aryl methyl sites for hydroxylation is 4. The lowest BCUT2D eigenvalue weighted by Gasteiger charge is -2.17. The molecule has 0 fully saturated rings. The summed E-state index contributed by atoms with van der Waals surface area (Å²) in [5.41, 5.74) is 3.84. The molecular formula is C22H33N3O. The van der Waals surface area contributed by atoms with Crippen LogP contribution in [0.15, 0.2) is 18.2 Å². The molecule has 26 heavy (non-hydrogen) atoms. The summed E-state index contributed by atoms with van der Waals surface area (Å²) < 4.78 is 2.18. The second-order valence-electron chi connectivity index (χ2n) is 8.48. The van der Waals surface area contributed by atoms with Crippen LogP contribution in [0.3, 0.4) is 0 Å². The highest BCUT2D eigenvalue weighted by Gasteiger charge is 2.16. The van der Waals surface area contributed by atoms with Crippen molar-refractivity contribution in [2.75, 3.05) is 0 Å². The van der Waals surface area contributed by atoms with Crippen LogP contribution in [-0.4, -0.2) is 20.5 Å². The molecule has 0 aliphatic heterocycles. The monoisotopic (exact) mass is 355 g/mol. The van der Waals surface area contributed by atoms with Crippen molar-refractivity contribution in [2.24, 2.45) is 5.41 Å². The molecule has 0 saturated carbocycles. The van der Waals surface area contributed by atoms with Crippen molar-refractivity contribution in [3.05, 3.63) is 46.5 Å². The Labute approximate surface area is 158 Å². The topological polar surface area (TPSA) is 47.8 Å². The van der Waals surface area contributed by atoms with Crippen LogP contribution in [0, 0.1) is 19.3 Å². The van der Waals surface area contributed by atoms with Crippen molar-refractivity contribution in [1.29, 1.82) is 0 Å². The van der Waals surface area contributed by atoms with E-state index in [1.165, 1.54) is 11.1 Å². The quantitative estimate of drug-likeness (QED) is 0.693. The van der Waals surface area contributed by atoms with Crippen LogP contribution >= 0.6 is 0 Å². The highest BCUT2D eigenvalue weighted by atomic mass is 16.1. The van der Waals surface area contributed by atoms with E-state index in [4.69, 9.17) is 0 Å². The molecule has 142 valence electrons. The molecule has 1 aromatic heterocycles. The van der Waals surface area contributed by atoms with Crippen molar-refractivity contribution in [2.45, 2.75) is 80.2 Å². The molecule has 0 spiro atoms. The molecule has 0 radical (unpaired) electrons. The van der Waals surface area contributed by atoms with Gasteiger partial charge in [-0.25, -0.2) is 0 Å². The fraction of sp³-hybridized carbons (Fsp3) is 0.591. The summed E-state index contributed by atoms with van der Waals surface area (Å²) in [4.78, 5) is 12.4. The molecule has 2 rings (SSSR count). The molecule has 0 bridgehead atoms. The van der Waals surface area contributed by atoms with E-state index in [9.17, 15) is 4.79 Å². The standard InChI is InChI=1S/C22H33N3O/c1-7-25-20(23-24-21(25)12-13-22(4,5)6)11-10-19(26)15-18-9-8-16(2)14-17(18)3/h8-9,14H,7,10-13,15H2,1-6H3. The van der Waals surface area contributed by atoms with Gasteiger partial charge in [0.25, 0.3) is 0 Å². The molecule has 1 heterocycles. The van der Waals surface area contributed by atoms with Gasteiger partial charge in [0.2, 0.25) is 0 Å². The minimum absolute atomic E-state index is 0.263. The van der Waals surface area contributed by atoms with Crippen molar-refractivity contribution in [1.82, 2.24) is 14.8 Å². The molecule has 0 unspecified atom stereocenters. The normalized spacial score (nSPS) is 11.8. The number of nitrogens with zero attached hydrogens (tertiary/aromatic N) is 3. The Bertz CT molecular complexity index is 753. The van der Waals surface area contributed by atoms with E-state index in [1.807, 2.05) is 0 Å². The summed E-state index contributed by atoms with van der Waals surface area (Å²) in [5, 5.41) is 8.73. The first kappa shape index (κ1) is 20.3. The van der Waals surface area contributed by atoms with Crippen LogP contribution in [0.5, 0.6) is 0 Å². The minimum atomic E-state index is 0.263. The molecule has 0 amide bonds. The maximum atomic E-state index is 12.4. The fourth-order valence-electron chi connectivity index (χ4n) is 3.19. The molecular weight excluding hydrogens is 322 g/mol. The lowest BCUT2D eigenvalue weighted by molar-refractivity contribution is -0.118. The van der Waals surface area contributed by atoms with Gasteiger partial charge in [-0.3, -0.25) is 4.79 Å². The van der Waals surface area contributed by atoms with Crippen molar-refractivity contribution >= 4 is 5.78 Å². The third kappa shape index (κ3) is 5.79. The summed E-state index contributed by atoms with van der Waals surface area (Å²) in [6.45, 7) is 13.8. The lowest BCUT2D eigenvalue weighted by atomic mass is 9.90. The number of hydrogen-bond acceptors (Lipinski definition) is 3. The van der Waals surface area contributed by atoms with E-state index < -0.39 is 0 Å². The van der Waals surface area contributed by atoms with Gasteiger partial charge in [0.1, 0.15) is 17.4 Å². The van der Waals surface area contributed by atoms with Crippen molar-refractivity contribution in [3.63, 3.8) is 0 Å². The lowest BCUT2D eigenvalue weighted by Crippen LogP contribution is -2.12. The Morgan fingerprint density at radius 2 is 1.73 bits per heavy atom. The second kappa shape index (κ2) is 8.61. The Morgan fingerprint density at radius 3 is 2.31 bits per heavy atom. The van der Waals surface area contributed by atoms with Gasteiger partial charge in [-0.05, 0) is 43.7 Å². The Hall–Kier alpha value is -1.97. The third-order valence-corrected chi connectivity index (χ3v) is 4.83. The zero-order valence-electron chi connectivity index (χ0n) is 17.2. The average molecular weight is 356 g/mol. The number of rotatable bonds is 8. The molecule has 0 N–H and O–H groups in total. The number of carbonyl (C=O) groups excluding carboxylic acids is 1. The molecule has 4 nitrogen and oxygen atoms in total. The first-order valence-electron chi connectivity index (χ1n) is 9.68. The van der Waals surface area contributed by atoms with Gasteiger partial charge in [-0.1, -0.05) is 44.5 Å². The molecule has 0 saturated heterocycles. The predicted octanol–water partition coefficient (Wildman–Crippen LogP) is 4.64. The predicted molar refractivity (Wildman–Crippen MR) is 106 cm³/mol. The first-order valence-corrected chi connectivity index (χ1v) is 9.68. The van der Waals surface area contributed by atoms with Gasteiger partial charge >= 0.3 is 0 Å². The Kier molecular flexibility index (Phi) is 6.74. The number of hydrogen-bond donors (Lipinski definition) is 0. The summed E-state index contributed by atoms with van der Waals surface area (Å²) >= 11 is 0. The van der Waals surface area contributed by atoms with Gasteiger partial charge in [-0.15, -0.1) is 10.2 Å². The van der Waals surface area contributed by atoms with Gasteiger partial charge in [0.05, 0.1) is 0 Å². The summed E-state index contributed by atoms with van der Waals surface area (Å²) in [6.07, 6.45) is 3.70. The van der Waals surface area contributed by atoms with Crippen LogP contribution in [0.2, 0.25) is 0 Å². The Morgan fingerprint density at radius 1 is 1.08 bits per heavy atom. The van der Waals surface area contributed by atoms with Crippen molar-refractivity contribution < 1.29 is 4.79 Å². The highest BCUT2D eigenvalue weighted by Crippen LogP contribution is 2.21. The van der Waals surface area contributed by atoms with E-state index in [2.05, 4.69) is 74.5 Å². The first-order chi connectivity index (χ1) is 12.2. The number of Topliss-reactive ketones (excluding diaryl/α,β-unsaturated/α-hetero) is 1. The number of benzene rings is 1. The molecule has 0 aliphatic carbocycles. The molecule has 0 aliphatic rings. The van der Waals surface area contributed by atoms with E-state index in [-0.39, 0.29) is 11.2 Å². The van der Waals surface area contributed by atoms with Gasteiger partial charge < -0.3 is 4.57 Å². The number of carbonyl (C=O) groups is 1. The maximum absolute atomic E-state index is 12.4. The van der Waals surface area contributed by atoms with Crippen LogP contribution in [0.1, 0.15) is 68.9 Å². The van der Waals surface area contributed by atoms with Crippen LogP contribution in [0.25, 0.3) is 0 Å². The highest BCUT2D eigenvalue weighted by molar-refractivity contribution is 5.81. The van der Waals surface area contributed by atoms with E-state index in [0.717, 1.165) is 36.6 Å².